The van der Waals surface area contributed by atoms with Crippen molar-refractivity contribution in [1.29, 1.82) is 0 Å². The Balaban J connectivity index is 1.60. The van der Waals surface area contributed by atoms with E-state index in [0.717, 1.165) is 5.69 Å². The quantitative estimate of drug-likeness (QED) is 0.451. The van der Waals surface area contributed by atoms with Crippen LogP contribution in [0.2, 0.25) is 0 Å². The molecule has 0 bridgehead atoms. The van der Waals surface area contributed by atoms with Gasteiger partial charge in [-0.25, -0.2) is 4.39 Å². The second kappa shape index (κ2) is 7.08. The average molecular weight is 427 g/mol. The summed E-state index contributed by atoms with van der Waals surface area (Å²) in [4.78, 5) is 4.40. The first kappa shape index (κ1) is 17.6. The Hall–Kier alpha value is -2.80. The van der Waals surface area contributed by atoms with Crippen molar-refractivity contribution < 1.29 is 8.91 Å². The topological polar surface area (TPSA) is 56.7 Å². The van der Waals surface area contributed by atoms with Crippen LogP contribution < -0.4 is 0 Å². The Morgan fingerprint density at radius 2 is 1.85 bits per heavy atom. The summed E-state index contributed by atoms with van der Waals surface area (Å²) in [5.74, 6) is 0.376. The fourth-order valence-electron chi connectivity index (χ4n) is 2.72. The summed E-state index contributed by atoms with van der Waals surface area (Å²) < 4.78 is 21.0. The monoisotopic (exact) mass is 426 g/mol. The predicted octanol–water partition coefficient (Wildman–Crippen LogP) is 5.17. The van der Waals surface area contributed by atoms with Gasteiger partial charge in [0.2, 0.25) is 5.82 Å². The van der Waals surface area contributed by atoms with Gasteiger partial charge in [-0.2, -0.15) is 10.1 Å². The van der Waals surface area contributed by atoms with E-state index in [4.69, 9.17) is 4.52 Å². The maximum atomic E-state index is 13.4. The van der Waals surface area contributed by atoms with E-state index in [0.29, 0.717) is 34.0 Å². The van der Waals surface area contributed by atoms with Gasteiger partial charge < -0.3 is 4.52 Å². The molecule has 0 aliphatic heterocycles. The molecular formula is C20H16BrFN4O. The van der Waals surface area contributed by atoms with Crippen LogP contribution in [0.15, 0.2) is 57.5 Å². The van der Waals surface area contributed by atoms with E-state index in [9.17, 15) is 4.39 Å². The Morgan fingerprint density at radius 3 is 2.59 bits per heavy atom. The zero-order valence-corrected chi connectivity index (χ0v) is 16.4. The third-order valence-electron chi connectivity index (χ3n) is 4.26. The van der Waals surface area contributed by atoms with Gasteiger partial charge in [0.05, 0.1) is 11.0 Å². The summed E-state index contributed by atoms with van der Waals surface area (Å²) in [6.45, 7) is 4.71. The Bertz CT molecular complexity index is 1100. The zero-order chi connectivity index (χ0) is 19.0. The van der Waals surface area contributed by atoms with Crippen molar-refractivity contribution in [3.63, 3.8) is 0 Å². The number of rotatable bonds is 4. The highest BCUT2D eigenvalue weighted by atomic mass is 79.9. The second-order valence-corrected chi connectivity index (χ2v) is 7.22. The highest BCUT2D eigenvalue weighted by Gasteiger charge is 2.16. The van der Waals surface area contributed by atoms with Gasteiger partial charge in [-0.3, -0.25) is 4.68 Å². The lowest BCUT2D eigenvalue weighted by molar-refractivity contribution is 0.430. The van der Waals surface area contributed by atoms with Crippen LogP contribution in [0, 0.1) is 19.7 Å². The molecule has 0 spiro atoms. The van der Waals surface area contributed by atoms with E-state index in [2.05, 4.69) is 62.4 Å². The van der Waals surface area contributed by atoms with Gasteiger partial charge in [-0.15, -0.1) is 0 Å². The number of hydrogen-bond acceptors (Lipinski definition) is 4. The second-order valence-electron chi connectivity index (χ2n) is 6.37. The van der Waals surface area contributed by atoms with Gasteiger partial charge in [-0.1, -0.05) is 35.0 Å². The van der Waals surface area contributed by atoms with Gasteiger partial charge in [0, 0.05) is 11.3 Å². The molecule has 0 fully saturated rings. The lowest BCUT2D eigenvalue weighted by atomic mass is 10.1. The minimum absolute atomic E-state index is 0.330. The maximum Gasteiger partial charge on any atom is 0.278 e. The molecule has 0 radical (unpaired) electrons. The summed E-state index contributed by atoms with van der Waals surface area (Å²) in [5.41, 5.74) is 4.66. The van der Waals surface area contributed by atoms with E-state index in [1.807, 2.05) is 17.7 Å². The van der Waals surface area contributed by atoms with Crippen molar-refractivity contribution in [3.8, 4) is 23.0 Å². The molecule has 2 aromatic heterocycles. The zero-order valence-electron chi connectivity index (χ0n) is 14.8. The first-order valence-corrected chi connectivity index (χ1v) is 9.18. The smallest absolute Gasteiger partial charge is 0.278 e. The van der Waals surface area contributed by atoms with Crippen LogP contribution in [0.1, 0.15) is 16.8 Å². The van der Waals surface area contributed by atoms with E-state index >= 15 is 0 Å². The molecule has 0 N–H and O–H groups in total. The average Bonchev–Trinajstić information content (AvgIpc) is 3.27. The number of halogens is 2. The first-order valence-electron chi connectivity index (χ1n) is 8.39. The van der Waals surface area contributed by atoms with Crippen LogP contribution >= 0.6 is 15.9 Å². The molecule has 0 amide bonds. The lowest BCUT2D eigenvalue weighted by Crippen LogP contribution is -2.03. The molecule has 2 heterocycles. The molecule has 7 heteroatoms. The SMILES string of the molecule is Cc1ccc(Cn2nc(-c3nc(-c4ccc(F)c(Br)c4)no3)cc2C)cc1. The van der Waals surface area contributed by atoms with Crippen LogP contribution in [0.3, 0.4) is 0 Å². The van der Waals surface area contributed by atoms with Crippen molar-refractivity contribution in [1.82, 2.24) is 19.9 Å². The van der Waals surface area contributed by atoms with Crippen molar-refractivity contribution in [2.75, 3.05) is 0 Å². The largest absolute Gasteiger partial charge is 0.332 e. The molecule has 136 valence electrons. The molecular weight excluding hydrogens is 411 g/mol. The molecule has 27 heavy (non-hydrogen) atoms. The fourth-order valence-corrected chi connectivity index (χ4v) is 3.10. The summed E-state index contributed by atoms with van der Waals surface area (Å²) in [7, 11) is 0. The Morgan fingerprint density at radius 1 is 1.07 bits per heavy atom. The summed E-state index contributed by atoms with van der Waals surface area (Å²) >= 11 is 3.17. The third-order valence-corrected chi connectivity index (χ3v) is 4.86. The predicted molar refractivity (Wildman–Crippen MR) is 104 cm³/mol. The first-order chi connectivity index (χ1) is 13.0. The Labute approximate surface area is 164 Å². The van der Waals surface area contributed by atoms with Crippen molar-refractivity contribution in [2.45, 2.75) is 20.4 Å². The van der Waals surface area contributed by atoms with Gasteiger partial charge in [0.1, 0.15) is 5.82 Å². The maximum absolute atomic E-state index is 13.4. The van der Waals surface area contributed by atoms with Crippen LogP contribution in [0.25, 0.3) is 23.0 Å². The summed E-state index contributed by atoms with van der Waals surface area (Å²) in [6, 6.07) is 14.8. The van der Waals surface area contributed by atoms with E-state index in [-0.39, 0.29) is 5.82 Å². The van der Waals surface area contributed by atoms with Gasteiger partial charge >= 0.3 is 0 Å². The lowest BCUT2D eigenvalue weighted by Gasteiger charge is -2.04. The molecule has 5 nitrogen and oxygen atoms in total. The van der Waals surface area contributed by atoms with Crippen LogP contribution in [0.5, 0.6) is 0 Å². The minimum Gasteiger partial charge on any atom is -0.332 e. The number of aromatic nitrogens is 4. The molecule has 0 saturated heterocycles. The number of nitrogens with zero attached hydrogens (tertiary/aromatic N) is 4. The van der Waals surface area contributed by atoms with Gasteiger partial charge in [0.25, 0.3) is 5.89 Å². The van der Waals surface area contributed by atoms with E-state index < -0.39 is 0 Å². The number of aryl methyl sites for hydroxylation is 2. The number of hydrogen-bond donors (Lipinski definition) is 0. The van der Waals surface area contributed by atoms with Gasteiger partial charge in [-0.05, 0) is 59.6 Å². The molecule has 2 aromatic carbocycles. The molecule has 0 aliphatic carbocycles. The van der Waals surface area contributed by atoms with Crippen molar-refractivity contribution in [3.05, 3.63) is 75.6 Å². The fraction of sp³-hybridized carbons (Fsp3) is 0.150. The van der Waals surface area contributed by atoms with Crippen molar-refractivity contribution in [2.24, 2.45) is 0 Å². The molecule has 4 aromatic rings. The number of benzene rings is 2. The summed E-state index contributed by atoms with van der Waals surface area (Å²) in [5, 5.41) is 8.58. The van der Waals surface area contributed by atoms with Crippen LogP contribution in [0.4, 0.5) is 4.39 Å². The minimum atomic E-state index is -0.340. The summed E-state index contributed by atoms with van der Waals surface area (Å²) in [6.07, 6.45) is 0. The van der Waals surface area contributed by atoms with E-state index in [1.165, 1.54) is 17.2 Å². The third kappa shape index (κ3) is 3.68. The van der Waals surface area contributed by atoms with Crippen LogP contribution in [-0.4, -0.2) is 19.9 Å². The molecule has 4 rings (SSSR count). The van der Waals surface area contributed by atoms with Crippen LogP contribution in [-0.2, 0) is 6.54 Å². The highest BCUT2D eigenvalue weighted by Crippen LogP contribution is 2.26. The van der Waals surface area contributed by atoms with Gasteiger partial charge in [0.15, 0.2) is 5.69 Å². The molecule has 0 atom stereocenters. The highest BCUT2D eigenvalue weighted by molar-refractivity contribution is 9.10. The molecule has 0 saturated carbocycles. The molecule has 0 unspecified atom stereocenters. The standard InChI is InChI=1S/C20H16BrFN4O/c1-12-3-5-14(6-4-12)11-26-13(2)9-18(24-26)20-23-19(25-27-20)15-7-8-17(22)16(21)10-15/h3-10H,11H2,1-2H3. The Kier molecular flexibility index (Phi) is 4.61. The van der Waals surface area contributed by atoms with Crippen molar-refractivity contribution >= 4 is 15.9 Å². The van der Waals surface area contributed by atoms with E-state index in [1.54, 1.807) is 12.1 Å². The normalized spacial score (nSPS) is 11.1. The molecule has 0 aliphatic rings.